The first kappa shape index (κ1) is 91.7. The Balaban J connectivity index is 1.25. The van der Waals surface area contributed by atoms with Crippen molar-refractivity contribution in [2.24, 2.45) is 0 Å². The minimum absolute atomic E-state index is 0.173. The molecular weight excluding hydrogens is 1380 g/mol. The molecule has 608 valence electrons. The number of amides is 2. The second-order valence-electron chi connectivity index (χ2n) is 28.6. The van der Waals surface area contributed by atoms with Gasteiger partial charge in [0.1, 0.15) is 122 Å². The Morgan fingerprint density at radius 2 is 0.971 bits per heavy atom. The number of rotatable bonds is 51. The number of carboxylic acid groups (broad SMARTS) is 1. The van der Waals surface area contributed by atoms with E-state index in [0.717, 1.165) is 58.3 Å². The van der Waals surface area contributed by atoms with E-state index in [9.17, 15) is 106 Å². The smallest absolute Gasteiger partial charge is 0.364 e. The molecule has 2 amide bonds. The van der Waals surface area contributed by atoms with Crippen molar-refractivity contribution in [3.63, 3.8) is 0 Å². The van der Waals surface area contributed by atoms with E-state index in [4.69, 9.17) is 47.4 Å². The fourth-order valence-electron chi connectivity index (χ4n) is 13.8. The van der Waals surface area contributed by atoms with Gasteiger partial charge in [0.25, 0.3) is 5.79 Å². The van der Waals surface area contributed by atoms with Crippen molar-refractivity contribution in [3.05, 3.63) is 12.2 Å². The molecular formula is C71H128N2O31. The van der Waals surface area contributed by atoms with Gasteiger partial charge in [-0.1, -0.05) is 180 Å². The van der Waals surface area contributed by atoms with Crippen LogP contribution >= 0.6 is 0 Å². The summed E-state index contributed by atoms with van der Waals surface area (Å²) >= 11 is 0. The molecule has 0 radical (unpaired) electrons. The summed E-state index contributed by atoms with van der Waals surface area (Å²) in [5.74, 6) is -6.22. The molecule has 0 saturated carbocycles. The van der Waals surface area contributed by atoms with Gasteiger partial charge in [-0.05, 0) is 19.3 Å². The highest BCUT2D eigenvalue weighted by molar-refractivity contribution is 5.76. The van der Waals surface area contributed by atoms with Crippen LogP contribution in [0.1, 0.15) is 207 Å². The summed E-state index contributed by atoms with van der Waals surface area (Å²) in [5, 5.41) is 202. The number of nitrogens with one attached hydrogen (secondary N) is 2. The van der Waals surface area contributed by atoms with Gasteiger partial charge in [-0.25, -0.2) is 4.79 Å². The van der Waals surface area contributed by atoms with E-state index in [-0.39, 0.29) is 12.3 Å². The summed E-state index contributed by atoms with van der Waals surface area (Å²) in [5.41, 5.74) is 0. The van der Waals surface area contributed by atoms with Crippen LogP contribution in [0.25, 0.3) is 0 Å². The largest absolute Gasteiger partial charge is 0.477 e. The van der Waals surface area contributed by atoms with Crippen molar-refractivity contribution in [2.45, 2.75) is 378 Å². The van der Waals surface area contributed by atoms with E-state index in [1.807, 2.05) is 6.08 Å². The number of ether oxygens (including phenoxy) is 10. The van der Waals surface area contributed by atoms with Crippen LogP contribution < -0.4 is 10.6 Å². The first-order chi connectivity index (χ1) is 49.8. The van der Waals surface area contributed by atoms with Crippen molar-refractivity contribution in [3.8, 4) is 0 Å². The molecule has 5 heterocycles. The van der Waals surface area contributed by atoms with Gasteiger partial charge in [-0.2, -0.15) is 0 Å². The fraction of sp³-hybridized carbons (Fsp3) is 0.930. The summed E-state index contributed by atoms with van der Waals surface area (Å²) in [6, 6.07) is -2.93. The molecule has 33 heteroatoms. The molecule has 104 heavy (non-hydrogen) atoms. The molecule has 5 saturated heterocycles. The highest BCUT2D eigenvalue weighted by atomic mass is 16.8. The number of allylic oxidation sites excluding steroid dienone is 1. The van der Waals surface area contributed by atoms with Gasteiger partial charge in [0.05, 0.1) is 57.9 Å². The van der Waals surface area contributed by atoms with Crippen LogP contribution in [-0.2, 0) is 61.8 Å². The van der Waals surface area contributed by atoms with E-state index in [1.54, 1.807) is 6.08 Å². The predicted octanol–water partition coefficient (Wildman–Crippen LogP) is -1.19. The molecule has 0 aromatic carbocycles. The van der Waals surface area contributed by atoms with Gasteiger partial charge in [0.15, 0.2) is 25.2 Å². The average molecular weight is 1510 g/mol. The Kier molecular flexibility index (Phi) is 42.9. The third kappa shape index (κ3) is 28.1. The summed E-state index contributed by atoms with van der Waals surface area (Å²) in [6.07, 6.45) is -16.2. The minimum Gasteiger partial charge on any atom is -0.477 e. The third-order valence-corrected chi connectivity index (χ3v) is 20.2. The maximum absolute atomic E-state index is 13.5. The summed E-state index contributed by atoms with van der Waals surface area (Å²) in [6.45, 7) is -0.287. The van der Waals surface area contributed by atoms with Crippen molar-refractivity contribution >= 4 is 17.8 Å². The number of carbonyl (C=O) groups excluding carboxylic acids is 2. The van der Waals surface area contributed by atoms with Crippen molar-refractivity contribution in [1.29, 1.82) is 0 Å². The Morgan fingerprint density at radius 1 is 0.510 bits per heavy atom. The Labute approximate surface area is 610 Å². The second kappa shape index (κ2) is 48.7. The normalized spacial score (nSPS) is 35.3. The Bertz CT molecular complexity index is 2380. The lowest BCUT2D eigenvalue weighted by Gasteiger charge is -2.50. The van der Waals surface area contributed by atoms with Crippen molar-refractivity contribution in [2.75, 3.05) is 39.6 Å². The van der Waals surface area contributed by atoms with Crippen LogP contribution in [0.4, 0.5) is 0 Å². The quantitative estimate of drug-likeness (QED) is 0.0252. The summed E-state index contributed by atoms with van der Waals surface area (Å²) in [7, 11) is 0. The molecule has 5 fully saturated rings. The number of aliphatic carboxylic acids is 1. The second-order valence-corrected chi connectivity index (χ2v) is 28.6. The zero-order chi connectivity index (χ0) is 76.5. The minimum atomic E-state index is -3.00. The van der Waals surface area contributed by atoms with Crippen molar-refractivity contribution in [1.82, 2.24) is 10.6 Å². The van der Waals surface area contributed by atoms with Gasteiger partial charge in [0.2, 0.25) is 11.8 Å². The number of aliphatic hydroxyl groups is 17. The van der Waals surface area contributed by atoms with Crippen LogP contribution in [0.5, 0.6) is 0 Å². The fourth-order valence-corrected chi connectivity index (χ4v) is 13.8. The standard InChI is InChI=1S/C71H128N2O31/c1-4-6-8-10-12-14-16-18-19-21-23-25-27-29-31-33-50(82)73-42(43(79)32-30-28-26-24-22-20-17-15-13-11-9-7-5-2)39-95-67-60(91)58(89)62(48(38-77)99-67)101-69-61(92)64(56(87)47(37-76)98-69)103-66-51(72-41(3)78)63(55(86)46(36-75)97-66)102-68-59(90)57(88)54(85)49(100-68)40-96-71(70(93)94)34-44(80)52(83)65(104-71)53(84)45(81)35-74/h30,32,42-49,51-69,74-77,79-81,83-92H,4-29,31,33-40H2,1-3H3,(H,72,78)(H,73,82)(H,93,94)/b32-30+/t42-,43+,44?,45+,46?,47?,48?,49?,51?,52+,53+,54-,55+,56-,57-,58+,59?,60?,61?,62+,63+,64-,65?,66-,67+,68-,69-,71+/m0/s1. The molecule has 28 atom stereocenters. The van der Waals surface area contributed by atoms with E-state index < -0.39 is 229 Å². The van der Waals surface area contributed by atoms with Gasteiger partial charge < -0.3 is 150 Å². The van der Waals surface area contributed by atoms with E-state index in [1.165, 1.54) is 109 Å². The van der Waals surface area contributed by atoms with Crippen LogP contribution in [0, 0.1) is 0 Å². The molecule has 33 nitrogen and oxygen atoms in total. The zero-order valence-electron chi connectivity index (χ0n) is 60.8. The maximum Gasteiger partial charge on any atom is 0.364 e. The molecule has 0 aliphatic carbocycles. The number of aliphatic hydroxyl groups excluding tert-OH is 17. The molecule has 0 aromatic rings. The van der Waals surface area contributed by atoms with Crippen LogP contribution in [0.3, 0.4) is 0 Å². The van der Waals surface area contributed by atoms with Crippen LogP contribution in [0.2, 0.25) is 0 Å². The topological polar surface area (TPSA) is 532 Å². The molecule has 0 spiro atoms. The molecule has 0 bridgehead atoms. The molecule has 5 aliphatic heterocycles. The molecule has 0 aromatic heterocycles. The first-order valence-corrected chi connectivity index (χ1v) is 38.1. The number of hydrogen-bond acceptors (Lipinski definition) is 30. The molecule has 5 rings (SSSR count). The lowest BCUT2D eigenvalue weighted by atomic mass is 9.90. The first-order valence-electron chi connectivity index (χ1n) is 38.1. The summed E-state index contributed by atoms with van der Waals surface area (Å²) < 4.78 is 58.3. The Morgan fingerprint density at radius 3 is 1.49 bits per heavy atom. The number of carbonyl (C=O) groups is 3. The highest BCUT2D eigenvalue weighted by Crippen LogP contribution is 2.38. The van der Waals surface area contributed by atoms with E-state index >= 15 is 0 Å². The molecule has 10 unspecified atom stereocenters. The highest BCUT2D eigenvalue weighted by Gasteiger charge is 2.59. The lowest BCUT2D eigenvalue weighted by molar-refractivity contribution is -0.382. The Hall–Kier alpha value is -2.93. The molecule has 5 aliphatic rings. The number of unbranched alkanes of at least 4 members (excludes halogenated alkanes) is 25. The zero-order valence-corrected chi connectivity index (χ0v) is 60.8. The number of carboxylic acids is 1. The monoisotopic (exact) mass is 1500 g/mol. The van der Waals surface area contributed by atoms with Crippen molar-refractivity contribution < 1.29 is 154 Å². The van der Waals surface area contributed by atoms with Gasteiger partial charge in [0, 0.05) is 19.8 Å². The van der Waals surface area contributed by atoms with E-state index in [0.29, 0.717) is 12.8 Å². The SMILES string of the molecule is CCCCCCCCCCCCC/C=C/[C@@H](O)[C@H](CO[C@@H]1OC(CO)[C@@H](O[C@@H]2OC(CO)[C@H](O)[C@H](O[C@@H]3OC(CO)[C@@H](O)[C@H](O[C@@H]4OC(CO[C@]5(C(=O)O)CC(O)[C@@H](O)C([C@H](O)[C@H](O)CO)O5)[C@H](O)[C@H](O)C4O)C3NC(C)=O)C2O)[C@H](O)C1O)NC(=O)CCCCCCCCCCCCCCCCC. The lowest BCUT2D eigenvalue weighted by Crippen LogP contribution is -2.70. The van der Waals surface area contributed by atoms with Crippen LogP contribution in [0.15, 0.2) is 12.2 Å². The molecule has 20 N–H and O–H groups in total. The van der Waals surface area contributed by atoms with Gasteiger partial charge in [-0.15, -0.1) is 0 Å². The van der Waals surface area contributed by atoms with Gasteiger partial charge >= 0.3 is 5.97 Å². The van der Waals surface area contributed by atoms with Gasteiger partial charge in [-0.3, -0.25) is 9.59 Å². The third-order valence-electron chi connectivity index (χ3n) is 20.2. The average Bonchev–Trinajstić information content (AvgIpc) is 0.775. The summed E-state index contributed by atoms with van der Waals surface area (Å²) in [4.78, 5) is 39.2. The van der Waals surface area contributed by atoms with Crippen LogP contribution in [-0.4, -0.2) is 321 Å². The predicted molar refractivity (Wildman–Crippen MR) is 367 cm³/mol. The maximum atomic E-state index is 13.5. The van der Waals surface area contributed by atoms with E-state index in [2.05, 4.69) is 24.5 Å². The number of hydrogen-bond donors (Lipinski definition) is 20.